The van der Waals surface area contributed by atoms with Crippen LogP contribution in [0.1, 0.15) is 51.3 Å². The van der Waals surface area contributed by atoms with Gasteiger partial charge < -0.3 is 5.11 Å². The van der Waals surface area contributed by atoms with Crippen molar-refractivity contribution in [1.82, 2.24) is 4.90 Å². The molecule has 1 rings (SSSR count). The molecule has 0 saturated heterocycles. The quantitative estimate of drug-likeness (QED) is 0.818. The van der Waals surface area contributed by atoms with Crippen LogP contribution in [-0.2, 0) is 11.2 Å². The third-order valence-electron chi connectivity index (χ3n) is 3.48. The van der Waals surface area contributed by atoms with Crippen molar-refractivity contribution in [2.75, 3.05) is 6.54 Å². The minimum absolute atomic E-state index is 0.0789. The van der Waals surface area contributed by atoms with Gasteiger partial charge in [0.1, 0.15) is 0 Å². The van der Waals surface area contributed by atoms with E-state index < -0.39 is 5.97 Å². The summed E-state index contributed by atoms with van der Waals surface area (Å²) in [4.78, 5) is 12.9. The van der Waals surface area contributed by atoms with Gasteiger partial charge in [-0.05, 0) is 38.3 Å². The second kappa shape index (κ2) is 7.29. The summed E-state index contributed by atoms with van der Waals surface area (Å²) in [5.74, 6) is -0.775. The maximum Gasteiger partial charge on any atom is 0.317 e. The fraction of sp³-hybridized carbons (Fsp3) is 0.562. The van der Waals surface area contributed by atoms with Crippen molar-refractivity contribution in [2.45, 2.75) is 52.6 Å². The first-order chi connectivity index (χ1) is 8.95. The molecule has 0 aliphatic carbocycles. The Kier molecular flexibility index (Phi) is 6.03. The molecule has 0 bridgehead atoms. The standard InChI is InChI=1S/C16H25NO2/c1-5-6-14-7-9-15(10-8-14)13(4)17(12(2)3)11-16(18)19/h7-10,12-13H,5-6,11H2,1-4H3,(H,18,19). The zero-order valence-electron chi connectivity index (χ0n) is 12.4. The van der Waals surface area contributed by atoms with Crippen LogP contribution in [0.2, 0.25) is 0 Å². The Morgan fingerprint density at radius 3 is 2.21 bits per heavy atom. The van der Waals surface area contributed by atoms with Crippen molar-refractivity contribution >= 4 is 5.97 Å². The van der Waals surface area contributed by atoms with Crippen LogP contribution in [0, 0.1) is 0 Å². The molecular formula is C16H25NO2. The van der Waals surface area contributed by atoms with Gasteiger partial charge in [-0.1, -0.05) is 37.6 Å². The summed E-state index contributed by atoms with van der Waals surface area (Å²) in [5, 5.41) is 9.00. The van der Waals surface area contributed by atoms with E-state index in [1.54, 1.807) is 0 Å². The van der Waals surface area contributed by atoms with Crippen molar-refractivity contribution in [1.29, 1.82) is 0 Å². The molecule has 0 aromatic heterocycles. The molecular weight excluding hydrogens is 238 g/mol. The summed E-state index contributed by atoms with van der Waals surface area (Å²) in [6.07, 6.45) is 2.24. The Labute approximate surface area is 116 Å². The van der Waals surface area contributed by atoms with Crippen LogP contribution in [0.3, 0.4) is 0 Å². The van der Waals surface area contributed by atoms with Crippen LogP contribution in [0.5, 0.6) is 0 Å². The highest BCUT2D eigenvalue weighted by molar-refractivity contribution is 5.69. The highest BCUT2D eigenvalue weighted by Crippen LogP contribution is 2.22. The Morgan fingerprint density at radius 1 is 1.21 bits per heavy atom. The van der Waals surface area contributed by atoms with E-state index in [0.29, 0.717) is 0 Å². The van der Waals surface area contributed by atoms with Crippen LogP contribution in [0.4, 0.5) is 0 Å². The summed E-state index contributed by atoms with van der Waals surface area (Å²) in [5.41, 5.74) is 2.52. The minimum atomic E-state index is -0.775. The average molecular weight is 263 g/mol. The van der Waals surface area contributed by atoms with Crippen LogP contribution in [0.15, 0.2) is 24.3 Å². The smallest absolute Gasteiger partial charge is 0.317 e. The van der Waals surface area contributed by atoms with E-state index in [0.717, 1.165) is 12.8 Å². The molecule has 0 spiro atoms. The van der Waals surface area contributed by atoms with Crippen molar-refractivity contribution in [3.63, 3.8) is 0 Å². The largest absolute Gasteiger partial charge is 0.480 e. The molecule has 3 nitrogen and oxygen atoms in total. The lowest BCUT2D eigenvalue weighted by atomic mass is 10.0. The number of aryl methyl sites for hydroxylation is 1. The Morgan fingerprint density at radius 2 is 1.79 bits per heavy atom. The lowest BCUT2D eigenvalue weighted by Gasteiger charge is -2.31. The van der Waals surface area contributed by atoms with Gasteiger partial charge in [0.25, 0.3) is 0 Å². The fourth-order valence-electron chi connectivity index (χ4n) is 2.37. The third kappa shape index (κ3) is 4.67. The van der Waals surface area contributed by atoms with E-state index in [-0.39, 0.29) is 18.6 Å². The Hall–Kier alpha value is -1.35. The van der Waals surface area contributed by atoms with E-state index in [4.69, 9.17) is 5.11 Å². The zero-order chi connectivity index (χ0) is 14.4. The predicted octanol–water partition coefficient (Wildman–Crippen LogP) is 3.50. The lowest BCUT2D eigenvalue weighted by molar-refractivity contribution is -0.139. The van der Waals surface area contributed by atoms with Crippen molar-refractivity contribution < 1.29 is 9.90 Å². The summed E-state index contributed by atoms with van der Waals surface area (Å²) in [7, 11) is 0. The number of carboxylic acids is 1. The SMILES string of the molecule is CCCc1ccc(C(C)N(CC(=O)O)C(C)C)cc1. The summed E-state index contributed by atoms with van der Waals surface area (Å²) >= 11 is 0. The molecule has 0 radical (unpaired) electrons. The molecule has 106 valence electrons. The maximum absolute atomic E-state index is 10.9. The molecule has 0 saturated carbocycles. The van der Waals surface area contributed by atoms with E-state index >= 15 is 0 Å². The van der Waals surface area contributed by atoms with Crippen molar-refractivity contribution in [3.05, 3.63) is 35.4 Å². The van der Waals surface area contributed by atoms with E-state index in [1.807, 2.05) is 18.7 Å². The zero-order valence-corrected chi connectivity index (χ0v) is 12.4. The predicted molar refractivity (Wildman–Crippen MR) is 78.3 cm³/mol. The van der Waals surface area contributed by atoms with Gasteiger partial charge in [-0.3, -0.25) is 9.69 Å². The molecule has 1 N–H and O–H groups in total. The van der Waals surface area contributed by atoms with E-state index in [9.17, 15) is 4.79 Å². The van der Waals surface area contributed by atoms with Gasteiger partial charge in [0.2, 0.25) is 0 Å². The second-order valence-electron chi connectivity index (χ2n) is 5.33. The van der Waals surface area contributed by atoms with Crippen molar-refractivity contribution in [3.8, 4) is 0 Å². The number of aliphatic carboxylic acids is 1. The number of hydrogen-bond acceptors (Lipinski definition) is 2. The van der Waals surface area contributed by atoms with Gasteiger partial charge in [0, 0.05) is 12.1 Å². The van der Waals surface area contributed by atoms with Gasteiger partial charge in [0.05, 0.1) is 6.54 Å². The monoisotopic (exact) mass is 263 g/mol. The number of rotatable bonds is 7. The molecule has 1 atom stereocenters. The molecule has 0 aliphatic heterocycles. The minimum Gasteiger partial charge on any atom is -0.480 e. The van der Waals surface area contributed by atoms with Gasteiger partial charge in [-0.15, -0.1) is 0 Å². The first-order valence-electron chi connectivity index (χ1n) is 7.02. The number of nitrogens with zero attached hydrogens (tertiary/aromatic N) is 1. The molecule has 1 aromatic rings. The van der Waals surface area contributed by atoms with Gasteiger partial charge in [0.15, 0.2) is 0 Å². The number of benzene rings is 1. The van der Waals surface area contributed by atoms with Gasteiger partial charge >= 0.3 is 5.97 Å². The highest BCUT2D eigenvalue weighted by atomic mass is 16.4. The average Bonchev–Trinajstić information content (AvgIpc) is 2.36. The van der Waals surface area contributed by atoms with Crippen LogP contribution in [0.25, 0.3) is 0 Å². The second-order valence-corrected chi connectivity index (χ2v) is 5.33. The number of hydrogen-bond donors (Lipinski definition) is 1. The molecule has 0 amide bonds. The lowest BCUT2D eigenvalue weighted by Crippen LogP contribution is -2.37. The van der Waals surface area contributed by atoms with Gasteiger partial charge in [-0.25, -0.2) is 0 Å². The molecule has 1 unspecified atom stereocenters. The van der Waals surface area contributed by atoms with Crippen LogP contribution < -0.4 is 0 Å². The molecule has 3 heteroatoms. The topological polar surface area (TPSA) is 40.5 Å². The molecule has 0 aliphatic rings. The normalized spacial score (nSPS) is 12.9. The summed E-state index contributed by atoms with van der Waals surface area (Å²) in [6.45, 7) is 8.38. The van der Waals surface area contributed by atoms with E-state index in [1.165, 1.54) is 11.1 Å². The molecule has 0 heterocycles. The number of carbonyl (C=O) groups is 1. The first kappa shape index (κ1) is 15.7. The Bertz CT molecular complexity index is 398. The van der Waals surface area contributed by atoms with Gasteiger partial charge in [-0.2, -0.15) is 0 Å². The van der Waals surface area contributed by atoms with Crippen molar-refractivity contribution in [2.24, 2.45) is 0 Å². The fourth-order valence-corrected chi connectivity index (χ4v) is 2.37. The number of carboxylic acid groups (broad SMARTS) is 1. The summed E-state index contributed by atoms with van der Waals surface area (Å²) in [6, 6.07) is 8.86. The Balaban J connectivity index is 2.83. The molecule has 19 heavy (non-hydrogen) atoms. The molecule has 1 aromatic carbocycles. The van der Waals surface area contributed by atoms with E-state index in [2.05, 4.69) is 38.1 Å². The molecule has 0 fully saturated rings. The summed E-state index contributed by atoms with van der Waals surface area (Å²) < 4.78 is 0. The van der Waals surface area contributed by atoms with Crippen LogP contribution >= 0.6 is 0 Å². The first-order valence-corrected chi connectivity index (χ1v) is 7.02. The highest BCUT2D eigenvalue weighted by Gasteiger charge is 2.21. The third-order valence-corrected chi connectivity index (χ3v) is 3.48. The van der Waals surface area contributed by atoms with Crippen LogP contribution in [-0.4, -0.2) is 28.6 Å². The maximum atomic E-state index is 10.9.